The van der Waals surface area contributed by atoms with E-state index in [2.05, 4.69) is 27.8 Å². The van der Waals surface area contributed by atoms with Gasteiger partial charge < -0.3 is 4.90 Å². The lowest BCUT2D eigenvalue weighted by Gasteiger charge is -2.22. The predicted octanol–water partition coefficient (Wildman–Crippen LogP) is 4.16. The van der Waals surface area contributed by atoms with Crippen molar-refractivity contribution in [3.63, 3.8) is 0 Å². The quantitative estimate of drug-likeness (QED) is 0.799. The van der Waals surface area contributed by atoms with Crippen LogP contribution in [0.3, 0.4) is 0 Å². The third-order valence-electron chi connectivity index (χ3n) is 3.41. The van der Waals surface area contributed by atoms with Gasteiger partial charge in [-0.2, -0.15) is 0 Å². The molecule has 1 aromatic rings. The van der Waals surface area contributed by atoms with Crippen molar-refractivity contribution in [1.29, 1.82) is 0 Å². The zero-order valence-corrected chi connectivity index (χ0v) is 12.7. The molecule has 1 amide bonds. The first kappa shape index (κ1) is 13.6. The highest BCUT2D eigenvalue weighted by Crippen LogP contribution is 2.29. The second-order valence-corrected chi connectivity index (χ2v) is 5.90. The molecule has 0 aliphatic heterocycles. The monoisotopic (exact) mass is 309 g/mol. The van der Waals surface area contributed by atoms with Gasteiger partial charge in [-0.1, -0.05) is 29.3 Å². The SMILES string of the molecule is CCCCN(C(=O)c1ccc(Br)c(C)c1)C1CC1. The van der Waals surface area contributed by atoms with Crippen molar-refractivity contribution < 1.29 is 4.79 Å². The second-order valence-electron chi connectivity index (χ2n) is 5.05. The average Bonchev–Trinajstić information content (AvgIpc) is 3.17. The van der Waals surface area contributed by atoms with E-state index in [1.807, 2.05) is 25.1 Å². The summed E-state index contributed by atoms with van der Waals surface area (Å²) in [6, 6.07) is 6.36. The van der Waals surface area contributed by atoms with Crippen LogP contribution in [0.5, 0.6) is 0 Å². The maximum absolute atomic E-state index is 12.5. The molecule has 1 aromatic carbocycles. The van der Waals surface area contributed by atoms with Crippen molar-refractivity contribution in [1.82, 2.24) is 4.90 Å². The summed E-state index contributed by atoms with van der Waals surface area (Å²) in [4.78, 5) is 14.6. The minimum absolute atomic E-state index is 0.196. The lowest BCUT2D eigenvalue weighted by atomic mass is 10.1. The summed E-state index contributed by atoms with van der Waals surface area (Å²) in [6.07, 6.45) is 4.57. The molecule has 2 rings (SSSR count). The van der Waals surface area contributed by atoms with Gasteiger partial charge in [-0.3, -0.25) is 4.79 Å². The number of nitrogens with zero attached hydrogens (tertiary/aromatic N) is 1. The van der Waals surface area contributed by atoms with Crippen molar-refractivity contribution in [3.05, 3.63) is 33.8 Å². The predicted molar refractivity (Wildman–Crippen MR) is 77.8 cm³/mol. The molecular weight excluding hydrogens is 290 g/mol. The number of halogens is 1. The molecule has 18 heavy (non-hydrogen) atoms. The van der Waals surface area contributed by atoms with Crippen LogP contribution in [-0.2, 0) is 0 Å². The topological polar surface area (TPSA) is 20.3 Å². The number of benzene rings is 1. The Balaban J connectivity index is 2.13. The van der Waals surface area contributed by atoms with E-state index in [1.54, 1.807) is 0 Å². The summed E-state index contributed by atoms with van der Waals surface area (Å²) in [5, 5.41) is 0. The first-order chi connectivity index (χ1) is 8.63. The molecule has 0 aromatic heterocycles. The van der Waals surface area contributed by atoms with Crippen molar-refractivity contribution in [3.8, 4) is 0 Å². The molecule has 0 saturated heterocycles. The van der Waals surface area contributed by atoms with Gasteiger partial charge in [-0.25, -0.2) is 0 Å². The Morgan fingerprint density at radius 1 is 1.44 bits per heavy atom. The van der Waals surface area contributed by atoms with E-state index in [1.165, 1.54) is 12.8 Å². The normalized spacial score (nSPS) is 14.6. The van der Waals surface area contributed by atoms with Crippen LogP contribution in [0, 0.1) is 6.92 Å². The molecule has 1 aliphatic carbocycles. The van der Waals surface area contributed by atoms with Crippen molar-refractivity contribution in [2.45, 2.75) is 45.6 Å². The molecule has 0 N–H and O–H groups in total. The molecule has 0 spiro atoms. The Bertz CT molecular complexity index is 440. The smallest absolute Gasteiger partial charge is 0.254 e. The van der Waals surface area contributed by atoms with Crippen LogP contribution in [-0.4, -0.2) is 23.4 Å². The Morgan fingerprint density at radius 2 is 2.17 bits per heavy atom. The molecule has 3 heteroatoms. The van der Waals surface area contributed by atoms with E-state index >= 15 is 0 Å². The number of amides is 1. The van der Waals surface area contributed by atoms with Crippen LogP contribution in [0.2, 0.25) is 0 Å². The molecule has 0 atom stereocenters. The van der Waals surface area contributed by atoms with E-state index in [0.29, 0.717) is 6.04 Å². The summed E-state index contributed by atoms with van der Waals surface area (Å²) >= 11 is 3.47. The van der Waals surface area contributed by atoms with Crippen LogP contribution >= 0.6 is 15.9 Å². The van der Waals surface area contributed by atoms with Gasteiger partial charge in [-0.15, -0.1) is 0 Å². The van der Waals surface area contributed by atoms with Gasteiger partial charge in [0, 0.05) is 22.6 Å². The molecule has 0 radical (unpaired) electrons. The van der Waals surface area contributed by atoms with Gasteiger partial charge in [0.1, 0.15) is 0 Å². The van der Waals surface area contributed by atoms with E-state index in [9.17, 15) is 4.79 Å². The number of hydrogen-bond donors (Lipinski definition) is 0. The van der Waals surface area contributed by atoms with Gasteiger partial charge in [-0.05, 0) is 49.9 Å². The number of hydrogen-bond acceptors (Lipinski definition) is 1. The van der Waals surface area contributed by atoms with Gasteiger partial charge >= 0.3 is 0 Å². The molecule has 1 saturated carbocycles. The number of carbonyl (C=O) groups excluding carboxylic acids is 1. The Morgan fingerprint density at radius 3 is 2.72 bits per heavy atom. The second kappa shape index (κ2) is 5.87. The molecule has 98 valence electrons. The number of aryl methyl sites for hydroxylation is 1. The van der Waals surface area contributed by atoms with E-state index in [0.717, 1.165) is 35.0 Å². The van der Waals surface area contributed by atoms with Crippen molar-refractivity contribution in [2.75, 3.05) is 6.54 Å². The van der Waals surface area contributed by atoms with Gasteiger partial charge in [0.15, 0.2) is 0 Å². The molecular formula is C15H20BrNO. The summed E-state index contributed by atoms with van der Waals surface area (Å²) in [5.41, 5.74) is 1.94. The highest BCUT2D eigenvalue weighted by molar-refractivity contribution is 9.10. The fourth-order valence-electron chi connectivity index (χ4n) is 2.11. The zero-order valence-electron chi connectivity index (χ0n) is 11.1. The largest absolute Gasteiger partial charge is 0.336 e. The van der Waals surface area contributed by atoms with Crippen LogP contribution in [0.25, 0.3) is 0 Å². The Kier molecular flexibility index (Phi) is 4.44. The lowest BCUT2D eigenvalue weighted by molar-refractivity contribution is 0.0740. The maximum atomic E-state index is 12.5. The van der Waals surface area contributed by atoms with Gasteiger partial charge in [0.2, 0.25) is 0 Å². The van der Waals surface area contributed by atoms with Crippen LogP contribution in [0.15, 0.2) is 22.7 Å². The highest BCUT2D eigenvalue weighted by Gasteiger charge is 2.32. The number of rotatable bonds is 5. The minimum Gasteiger partial charge on any atom is -0.336 e. The van der Waals surface area contributed by atoms with E-state index < -0.39 is 0 Å². The molecule has 0 bridgehead atoms. The van der Waals surface area contributed by atoms with Crippen LogP contribution in [0.1, 0.15) is 48.5 Å². The Hall–Kier alpha value is -0.830. The molecule has 0 heterocycles. The number of unbranched alkanes of at least 4 members (excludes halogenated alkanes) is 1. The summed E-state index contributed by atoms with van der Waals surface area (Å²) in [5.74, 6) is 0.196. The third kappa shape index (κ3) is 3.14. The highest BCUT2D eigenvalue weighted by atomic mass is 79.9. The first-order valence-electron chi connectivity index (χ1n) is 6.70. The lowest BCUT2D eigenvalue weighted by Crippen LogP contribution is -2.34. The zero-order chi connectivity index (χ0) is 13.1. The minimum atomic E-state index is 0.196. The van der Waals surface area contributed by atoms with Gasteiger partial charge in [0.05, 0.1) is 0 Å². The van der Waals surface area contributed by atoms with E-state index in [-0.39, 0.29) is 5.91 Å². The summed E-state index contributed by atoms with van der Waals surface area (Å²) in [7, 11) is 0. The van der Waals surface area contributed by atoms with Gasteiger partial charge in [0.25, 0.3) is 5.91 Å². The summed E-state index contributed by atoms with van der Waals surface area (Å²) in [6.45, 7) is 5.09. The average molecular weight is 310 g/mol. The first-order valence-corrected chi connectivity index (χ1v) is 7.50. The van der Waals surface area contributed by atoms with Crippen molar-refractivity contribution >= 4 is 21.8 Å². The standard InChI is InChI=1S/C15H20BrNO/c1-3-4-9-17(13-6-7-13)15(18)12-5-8-14(16)11(2)10-12/h5,8,10,13H,3-4,6-7,9H2,1-2H3. The Labute approximate surface area is 117 Å². The molecule has 0 unspecified atom stereocenters. The fraction of sp³-hybridized carbons (Fsp3) is 0.533. The summed E-state index contributed by atoms with van der Waals surface area (Å²) < 4.78 is 1.06. The van der Waals surface area contributed by atoms with Crippen LogP contribution in [0.4, 0.5) is 0 Å². The molecule has 1 fully saturated rings. The van der Waals surface area contributed by atoms with Crippen molar-refractivity contribution in [2.24, 2.45) is 0 Å². The van der Waals surface area contributed by atoms with Crippen LogP contribution < -0.4 is 0 Å². The third-order valence-corrected chi connectivity index (χ3v) is 4.30. The molecule has 2 nitrogen and oxygen atoms in total. The number of carbonyl (C=O) groups is 1. The van der Waals surface area contributed by atoms with E-state index in [4.69, 9.17) is 0 Å². The maximum Gasteiger partial charge on any atom is 0.254 e. The molecule has 1 aliphatic rings. The fourth-order valence-corrected chi connectivity index (χ4v) is 2.35.